The standard InChI is InChI=1S/C20H28N4O5S/c1-4-19(25)21-18-7-5-17(6-8-18)20(26)22-9-11-23(12-10-22)30(27,28)24-13-15(2)29-16(3)14-24/h4-8,15-16H,1,9-14H2,2-3H3,(H,21,25). The van der Waals surface area contributed by atoms with Crippen LogP contribution in [0.15, 0.2) is 36.9 Å². The number of rotatable bonds is 5. The van der Waals surface area contributed by atoms with Crippen LogP contribution in [0.3, 0.4) is 0 Å². The molecule has 10 heteroatoms. The summed E-state index contributed by atoms with van der Waals surface area (Å²) in [6.07, 6.45) is 0.876. The van der Waals surface area contributed by atoms with Gasteiger partial charge in [-0.2, -0.15) is 17.0 Å². The van der Waals surface area contributed by atoms with Gasteiger partial charge < -0.3 is 15.0 Å². The molecule has 30 heavy (non-hydrogen) atoms. The summed E-state index contributed by atoms with van der Waals surface area (Å²) in [5.74, 6) is -0.488. The van der Waals surface area contributed by atoms with E-state index in [9.17, 15) is 18.0 Å². The number of morpholine rings is 1. The quantitative estimate of drug-likeness (QED) is 0.692. The highest BCUT2D eigenvalue weighted by Crippen LogP contribution is 2.20. The zero-order valence-electron chi connectivity index (χ0n) is 17.3. The van der Waals surface area contributed by atoms with Crippen molar-refractivity contribution in [2.45, 2.75) is 26.1 Å². The summed E-state index contributed by atoms with van der Waals surface area (Å²) in [7, 11) is -3.58. The molecule has 9 nitrogen and oxygen atoms in total. The van der Waals surface area contributed by atoms with Crippen LogP contribution in [0.5, 0.6) is 0 Å². The second kappa shape index (κ2) is 9.25. The normalized spacial score (nSPS) is 23.7. The van der Waals surface area contributed by atoms with E-state index in [0.29, 0.717) is 37.4 Å². The second-order valence-corrected chi connectivity index (χ2v) is 9.47. The molecule has 2 fully saturated rings. The van der Waals surface area contributed by atoms with Crippen molar-refractivity contribution in [1.82, 2.24) is 13.5 Å². The predicted molar refractivity (Wildman–Crippen MR) is 113 cm³/mol. The molecule has 2 aliphatic rings. The van der Waals surface area contributed by atoms with E-state index in [2.05, 4.69) is 11.9 Å². The summed E-state index contributed by atoms with van der Waals surface area (Å²) in [5.41, 5.74) is 1.06. The molecular formula is C20H28N4O5S. The maximum absolute atomic E-state index is 13.0. The molecule has 0 saturated carbocycles. The second-order valence-electron chi connectivity index (χ2n) is 7.54. The molecular weight excluding hydrogens is 408 g/mol. The highest BCUT2D eigenvalue weighted by atomic mass is 32.2. The van der Waals surface area contributed by atoms with Crippen LogP contribution in [0.1, 0.15) is 24.2 Å². The molecule has 2 saturated heterocycles. The van der Waals surface area contributed by atoms with Crippen LogP contribution in [0.25, 0.3) is 0 Å². The number of benzene rings is 1. The summed E-state index contributed by atoms with van der Waals surface area (Å²) in [6, 6.07) is 6.58. The Kier molecular flexibility index (Phi) is 6.91. The number of nitrogens with one attached hydrogen (secondary N) is 1. The van der Waals surface area contributed by atoms with Gasteiger partial charge in [0, 0.05) is 50.5 Å². The third-order valence-corrected chi connectivity index (χ3v) is 7.12. The first-order valence-electron chi connectivity index (χ1n) is 9.94. The number of piperazine rings is 1. The molecule has 0 aliphatic carbocycles. The third kappa shape index (κ3) is 5.07. The Balaban J connectivity index is 1.59. The number of anilines is 1. The fraction of sp³-hybridized carbons (Fsp3) is 0.500. The van der Waals surface area contributed by atoms with Crippen molar-refractivity contribution >= 4 is 27.7 Å². The first-order chi connectivity index (χ1) is 14.2. The first kappa shape index (κ1) is 22.4. The zero-order chi connectivity index (χ0) is 21.9. The maximum atomic E-state index is 13.0. The molecule has 1 aromatic rings. The van der Waals surface area contributed by atoms with Crippen molar-refractivity contribution in [2.24, 2.45) is 0 Å². The summed E-state index contributed by atoms with van der Waals surface area (Å²) in [5, 5.41) is 2.63. The molecule has 2 aliphatic heterocycles. The van der Waals surface area contributed by atoms with Gasteiger partial charge in [0.2, 0.25) is 5.91 Å². The number of carbonyl (C=O) groups excluding carboxylic acids is 2. The number of amides is 2. The number of carbonyl (C=O) groups is 2. The van der Waals surface area contributed by atoms with Gasteiger partial charge >= 0.3 is 0 Å². The van der Waals surface area contributed by atoms with Crippen molar-refractivity contribution < 1.29 is 22.7 Å². The van der Waals surface area contributed by atoms with Crippen LogP contribution in [0, 0.1) is 0 Å². The molecule has 2 unspecified atom stereocenters. The van der Waals surface area contributed by atoms with E-state index in [1.165, 1.54) is 14.7 Å². The Labute approximate surface area is 177 Å². The van der Waals surface area contributed by atoms with Crippen molar-refractivity contribution in [3.63, 3.8) is 0 Å². The Hall–Kier alpha value is -2.27. The van der Waals surface area contributed by atoms with E-state index < -0.39 is 10.2 Å². The third-order valence-electron chi connectivity index (χ3n) is 5.15. The Bertz CT molecular complexity index is 884. The number of ether oxygens (including phenoxy) is 1. The Morgan fingerprint density at radius 1 is 1.03 bits per heavy atom. The lowest BCUT2D eigenvalue weighted by molar-refractivity contribution is -0.111. The first-order valence-corrected chi connectivity index (χ1v) is 11.3. The van der Waals surface area contributed by atoms with Gasteiger partial charge in [0.1, 0.15) is 0 Å². The van der Waals surface area contributed by atoms with Gasteiger partial charge in [0.25, 0.3) is 16.1 Å². The predicted octanol–water partition coefficient (Wildman–Crippen LogP) is 0.923. The van der Waals surface area contributed by atoms with Crippen molar-refractivity contribution in [3.05, 3.63) is 42.5 Å². The van der Waals surface area contributed by atoms with E-state index in [-0.39, 0.29) is 37.1 Å². The van der Waals surface area contributed by atoms with E-state index in [1.807, 2.05) is 13.8 Å². The van der Waals surface area contributed by atoms with Crippen molar-refractivity contribution in [1.29, 1.82) is 0 Å². The highest BCUT2D eigenvalue weighted by Gasteiger charge is 2.37. The van der Waals surface area contributed by atoms with Crippen LogP contribution in [-0.2, 0) is 19.7 Å². The molecule has 3 rings (SSSR count). The van der Waals surface area contributed by atoms with Gasteiger partial charge in [0.15, 0.2) is 0 Å². The fourth-order valence-corrected chi connectivity index (χ4v) is 5.42. The Morgan fingerprint density at radius 2 is 1.60 bits per heavy atom. The minimum absolute atomic E-state index is 0.148. The van der Waals surface area contributed by atoms with Crippen LogP contribution in [0.4, 0.5) is 5.69 Å². The summed E-state index contributed by atoms with van der Waals surface area (Å²) < 4.78 is 34.5. The Morgan fingerprint density at radius 3 is 2.13 bits per heavy atom. The molecule has 2 heterocycles. The van der Waals surface area contributed by atoms with E-state index in [4.69, 9.17) is 4.74 Å². The molecule has 2 amide bonds. The molecule has 0 radical (unpaired) electrons. The minimum atomic E-state index is -3.58. The lowest BCUT2D eigenvalue weighted by Gasteiger charge is -2.40. The summed E-state index contributed by atoms with van der Waals surface area (Å²) >= 11 is 0. The number of hydrogen-bond acceptors (Lipinski definition) is 5. The number of hydrogen-bond donors (Lipinski definition) is 1. The van der Waals surface area contributed by atoms with Crippen LogP contribution >= 0.6 is 0 Å². The van der Waals surface area contributed by atoms with Gasteiger partial charge in [-0.25, -0.2) is 0 Å². The molecule has 0 spiro atoms. The maximum Gasteiger partial charge on any atom is 0.282 e. The van der Waals surface area contributed by atoms with Gasteiger partial charge in [-0.05, 0) is 44.2 Å². The van der Waals surface area contributed by atoms with Gasteiger partial charge in [-0.1, -0.05) is 6.58 Å². The molecule has 0 bridgehead atoms. The lowest BCUT2D eigenvalue weighted by atomic mass is 10.1. The molecule has 0 aromatic heterocycles. The monoisotopic (exact) mass is 436 g/mol. The van der Waals surface area contributed by atoms with Gasteiger partial charge in [-0.15, -0.1) is 0 Å². The molecule has 2 atom stereocenters. The van der Waals surface area contributed by atoms with E-state index in [0.717, 1.165) is 0 Å². The molecule has 164 valence electrons. The van der Waals surface area contributed by atoms with Crippen molar-refractivity contribution in [3.8, 4) is 0 Å². The zero-order valence-corrected chi connectivity index (χ0v) is 18.1. The van der Waals surface area contributed by atoms with Crippen molar-refractivity contribution in [2.75, 3.05) is 44.6 Å². The lowest BCUT2D eigenvalue weighted by Crippen LogP contribution is -2.57. The van der Waals surface area contributed by atoms with Gasteiger partial charge in [0.05, 0.1) is 12.2 Å². The van der Waals surface area contributed by atoms with Crippen LogP contribution in [-0.4, -0.2) is 85.2 Å². The van der Waals surface area contributed by atoms with E-state index in [1.54, 1.807) is 29.2 Å². The minimum Gasteiger partial charge on any atom is -0.373 e. The average Bonchev–Trinajstić information content (AvgIpc) is 2.73. The van der Waals surface area contributed by atoms with Crippen LogP contribution in [0.2, 0.25) is 0 Å². The van der Waals surface area contributed by atoms with E-state index >= 15 is 0 Å². The summed E-state index contributed by atoms with van der Waals surface area (Å²) in [6.45, 7) is 8.94. The topological polar surface area (TPSA) is 99.3 Å². The SMILES string of the molecule is C=CC(=O)Nc1ccc(C(=O)N2CCN(S(=O)(=O)N3CC(C)OC(C)C3)CC2)cc1. The highest BCUT2D eigenvalue weighted by molar-refractivity contribution is 7.86. The largest absolute Gasteiger partial charge is 0.373 e. The molecule has 1 aromatic carbocycles. The van der Waals surface area contributed by atoms with Crippen LogP contribution < -0.4 is 5.32 Å². The van der Waals surface area contributed by atoms with Gasteiger partial charge in [-0.3, -0.25) is 9.59 Å². The number of nitrogens with zero attached hydrogens (tertiary/aromatic N) is 3. The fourth-order valence-electron chi connectivity index (χ4n) is 3.68. The molecule has 1 N–H and O–H groups in total. The average molecular weight is 437 g/mol. The smallest absolute Gasteiger partial charge is 0.282 e. The summed E-state index contributed by atoms with van der Waals surface area (Å²) in [4.78, 5) is 25.7.